The van der Waals surface area contributed by atoms with Crippen LogP contribution in [0.3, 0.4) is 0 Å². The molecule has 1 aliphatic rings. The number of Topliss-reactive ketones (excluding diaryl/α,β-unsaturated/α-hetero) is 1. The highest BCUT2D eigenvalue weighted by Gasteiger charge is 2.45. The number of benzene rings is 1. The number of hydrogen-bond acceptors (Lipinski definition) is 5. The molecule has 1 fully saturated rings. The third-order valence-electron chi connectivity index (χ3n) is 3.89. The number of hydrogen-bond donors (Lipinski definition) is 1. The molecule has 1 aromatic carbocycles. The molecule has 0 amide bonds. The first-order valence-corrected chi connectivity index (χ1v) is 8.52. The molecular weight excluding hydrogens is 322 g/mol. The van der Waals surface area contributed by atoms with Crippen LogP contribution in [0.25, 0.3) is 0 Å². The quantitative estimate of drug-likeness (QED) is 0.747. The summed E-state index contributed by atoms with van der Waals surface area (Å²) >= 11 is 0. The summed E-state index contributed by atoms with van der Waals surface area (Å²) in [5.41, 5.74) is -0.157. The van der Waals surface area contributed by atoms with E-state index in [0.29, 0.717) is 5.56 Å². The summed E-state index contributed by atoms with van der Waals surface area (Å²) in [5.74, 6) is -1.37. The summed E-state index contributed by atoms with van der Waals surface area (Å²) in [6.07, 6.45) is -0.359. The maximum atomic E-state index is 12.4. The van der Waals surface area contributed by atoms with Crippen LogP contribution in [-0.4, -0.2) is 55.4 Å². The molecule has 1 aromatic rings. The first-order chi connectivity index (χ1) is 10.7. The topological polar surface area (TPSA) is 101 Å². The van der Waals surface area contributed by atoms with E-state index < -0.39 is 21.6 Å². The number of aliphatic carboxylic acids is 1. The molecule has 1 saturated heterocycles. The van der Waals surface area contributed by atoms with Gasteiger partial charge in [0.15, 0.2) is 5.78 Å². The molecule has 1 N–H and O–H groups in total. The molecule has 1 heterocycles. The Balaban J connectivity index is 2.07. The molecule has 2 rings (SSSR count). The SMILES string of the molecule is COC1(C)CN(S(=O)(=O)c2ccc(C(=O)CCC(=O)O)cc2)C1. The smallest absolute Gasteiger partial charge is 0.303 e. The molecule has 0 saturated carbocycles. The van der Waals surface area contributed by atoms with Gasteiger partial charge >= 0.3 is 5.97 Å². The van der Waals surface area contributed by atoms with E-state index in [0.717, 1.165) is 0 Å². The van der Waals surface area contributed by atoms with Crippen molar-refractivity contribution in [3.63, 3.8) is 0 Å². The van der Waals surface area contributed by atoms with Gasteiger partial charge in [0, 0.05) is 32.2 Å². The largest absolute Gasteiger partial charge is 0.481 e. The van der Waals surface area contributed by atoms with Crippen molar-refractivity contribution >= 4 is 21.8 Å². The molecule has 0 aromatic heterocycles. The number of methoxy groups -OCH3 is 1. The summed E-state index contributed by atoms with van der Waals surface area (Å²) in [5, 5.41) is 8.57. The second-order valence-electron chi connectivity index (χ2n) is 5.77. The van der Waals surface area contributed by atoms with Crippen molar-refractivity contribution < 1.29 is 27.9 Å². The molecule has 7 nitrogen and oxygen atoms in total. The van der Waals surface area contributed by atoms with Crippen molar-refractivity contribution in [3.05, 3.63) is 29.8 Å². The highest BCUT2D eigenvalue weighted by atomic mass is 32.2. The van der Waals surface area contributed by atoms with Crippen LogP contribution < -0.4 is 0 Å². The van der Waals surface area contributed by atoms with E-state index in [-0.39, 0.29) is 36.6 Å². The van der Waals surface area contributed by atoms with Gasteiger partial charge in [-0.05, 0) is 19.1 Å². The van der Waals surface area contributed by atoms with Gasteiger partial charge in [-0.25, -0.2) is 8.42 Å². The minimum atomic E-state index is -3.60. The molecule has 0 bridgehead atoms. The van der Waals surface area contributed by atoms with Gasteiger partial charge < -0.3 is 9.84 Å². The van der Waals surface area contributed by atoms with E-state index in [4.69, 9.17) is 9.84 Å². The number of carbonyl (C=O) groups excluding carboxylic acids is 1. The van der Waals surface area contributed by atoms with E-state index in [9.17, 15) is 18.0 Å². The van der Waals surface area contributed by atoms with E-state index in [1.54, 1.807) is 7.11 Å². The zero-order valence-electron chi connectivity index (χ0n) is 13.0. The average Bonchev–Trinajstić information content (AvgIpc) is 2.49. The van der Waals surface area contributed by atoms with Crippen molar-refractivity contribution in [2.24, 2.45) is 0 Å². The Morgan fingerprint density at radius 3 is 2.26 bits per heavy atom. The third kappa shape index (κ3) is 3.77. The summed E-state index contributed by atoms with van der Waals surface area (Å²) in [4.78, 5) is 22.4. The van der Waals surface area contributed by atoms with E-state index in [2.05, 4.69) is 0 Å². The van der Waals surface area contributed by atoms with Gasteiger partial charge in [0.2, 0.25) is 10.0 Å². The number of carboxylic acids is 1. The zero-order valence-corrected chi connectivity index (χ0v) is 13.8. The Morgan fingerprint density at radius 2 is 1.78 bits per heavy atom. The maximum Gasteiger partial charge on any atom is 0.303 e. The van der Waals surface area contributed by atoms with Crippen LogP contribution in [0.2, 0.25) is 0 Å². The highest BCUT2D eigenvalue weighted by molar-refractivity contribution is 7.89. The second-order valence-corrected chi connectivity index (χ2v) is 7.71. The van der Waals surface area contributed by atoms with Crippen LogP contribution in [0, 0.1) is 0 Å². The maximum absolute atomic E-state index is 12.4. The molecule has 0 radical (unpaired) electrons. The van der Waals surface area contributed by atoms with Crippen molar-refractivity contribution in [1.82, 2.24) is 4.31 Å². The summed E-state index contributed by atoms with van der Waals surface area (Å²) in [6.45, 7) is 2.40. The molecular formula is C15H19NO6S. The standard InChI is InChI=1S/C15H19NO6S/c1-15(22-2)9-16(10-15)23(20,21)12-5-3-11(4-6-12)13(17)7-8-14(18)19/h3-6H,7-10H2,1-2H3,(H,18,19). The number of ketones is 1. The minimum Gasteiger partial charge on any atom is -0.481 e. The number of carboxylic acid groups (broad SMARTS) is 1. The van der Waals surface area contributed by atoms with Crippen LogP contribution in [-0.2, 0) is 19.6 Å². The molecule has 0 atom stereocenters. The fraction of sp³-hybridized carbons (Fsp3) is 0.467. The third-order valence-corrected chi connectivity index (χ3v) is 5.70. The molecule has 0 unspecified atom stereocenters. The van der Waals surface area contributed by atoms with Gasteiger partial charge in [0.05, 0.1) is 16.9 Å². The Hall–Kier alpha value is -1.77. The number of sulfonamides is 1. The predicted molar refractivity (Wildman–Crippen MR) is 81.8 cm³/mol. The van der Waals surface area contributed by atoms with Crippen LogP contribution in [0.5, 0.6) is 0 Å². The zero-order chi connectivity index (χ0) is 17.3. The van der Waals surface area contributed by atoms with Gasteiger partial charge in [-0.1, -0.05) is 12.1 Å². The van der Waals surface area contributed by atoms with Gasteiger partial charge in [-0.3, -0.25) is 9.59 Å². The van der Waals surface area contributed by atoms with Gasteiger partial charge in [0.25, 0.3) is 0 Å². The first-order valence-electron chi connectivity index (χ1n) is 7.08. The van der Waals surface area contributed by atoms with Crippen LogP contribution in [0.15, 0.2) is 29.2 Å². The van der Waals surface area contributed by atoms with Crippen molar-refractivity contribution in [2.75, 3.05) is 20.2 Å². The summed E-state index contributed by atoms with van der Waals surface area (Å²) in [7, 11) is -2.06. The minimum absolute atomic E-state index is 0.102. The molecule has 126 valence electrons. The lowest BCUT2D eigenvalue weighted by Gasteiger charge is -2.45. The lowest BCUT2D eigenvalue weighted by molar-refractivity contribution is -0.136. The molecule has 23 heavy (non-hydrogen) atoms. The fourth-order valence-electron chi connectivity index (χ4n) is 2.33. The van der Waals surface area contributed by atoms with Crippen molar-refractivity contribution in [1.29, 1.82) is 0 Å². The lowest BCUT2D eigenvalue weighted by Crippen LogP contribution is -2.62. The molecule has 0 aliphatic carbocycles. The van der Waals surface area contributed by atoms with Crippen LogP contribution >= 0.6 is 0 Å². The highest BCUT2D eigenvalue weighted by Crippen LogP contribution is 2.30. The number of nitrogens with zero attached hydrogens (tertiary/aromatic N) is 1. The number of carbonyl (C=O) groups is 2. The Kier molecular flexibility index (Phi) is 4.88. The van der Waals surface area contributed by atoms with Gasteiger partial charge in [0.1, 0.15) is 0 Å². The Labute approximate surface area is 134 Å². The average molecular weight is 341 g/mol. The lowest BCUT2D eigenvalue weighted by atomic mass is 10.0. The van der Waals surface area contributed by atoms with Crippen LogP contribution in [0.1, 0.15) is 30.1 Å². The Bertz CT molecular complexity index is 704. The molecule has 0 spiro atoms. The number of ether oxygens (including phenoxy) is 1. The monoisotopic (exact) mass is 341 g/mol. The van der Waals surface area contributed by atoms with Crippen LogP contribution in [0.4, 0.5) is 0 Å². The van der Waals surface area contributed by atoms with E-state index >= 15 is 0 Å². The van der Waals surface area contributed by atoms with E-state index in [1.807, 2.05) is 6.92 Å². The first kappa shape index (κ1) is 17.6. The summed E-state index contributed by atoms with van der Waals surface area (Å²) < 4.78 is 31.4. The molecule has 1 aliphatic heterocycles. The van der Waals surface area contributed by atoms with Gasteiger partial charge in [-0.15, -0.1) is 0 Å². The normalized spacial score (nSPS) is 17.5. The predicted octanol–water partition coefficient (Wildman–Crippen LogP) is 1.14. The number of rotatable bonds is 7. The van der Waals surface area contributed by atoms with E-state index in [1.165, 1.54) is 28.6 Å². The summed E-state index contributed by atoms with van der Waals surface area (Å²) in [6, 6.07) is 5.55. The van der Waals surface area contributed by atoms with Gasteiger partial charge in [-0.2, -0.15) is 4.31 Å². The van der Waals surface area contributed by atoms with Crippen molar-refractivity contribution in [2.45, 2.75) is 30.3 Å². The molecule has 8 heteroatoms. The second kappa shape index (κ2) is 6.38. The fourth-order valence-corrected chi connectivity index (χ4v) is 3.99. The van der Waals surface area contributed by atoms with Crippen molar-refractivity contribution in [3.8, 4) is 0 Å². The Morgan fingerprint density at radius 1 is 1.22 bits per heavy atom.